The van der Waals surface area contributed by atoms with E-state index in [1.54, 1.807) is 0 Å². The predicted molar refractivity (Wildman–Crippen MR) is 53.9 cm³/mol. The minimum atomic E-state index is -1.22. The second kappa shape index (κ2) is 3.94. The van der Waals surface area contributed by atoms with Crippen molar-refractivity contribution in [1.29, 1.82) is 0 Å². The van der Waals surface area contributed by atoms with Gasteiger partial charge < -0.3 is 9.52 Å². The Labute approximate surface area is 94.3 Å². The van der Waals surface area contributed by atoms with E-state index < -0.39 is 11.8 Å². The molecule has 0 amide bonds. The molecule has 1 N–H and O–H groups in total. The molecule has 0 saturated heterocycles. The summed E-state index contributed by atoms with van der Waals surface area (Å²) in [6.07, 6.45) is 1.01. The van der Waals surface area contributed by atoms with E-state index in [0.29, 0.717) is 5.56 Å². The van der Waals surface area contributed by atoms with E-state index in [1.807, 2.05) is 0 Å². The summed E-state index contributed by atoms with van der Waals surface area (Å²) in [5.41, 5.74) is 0.129. The van der Waals surface area contributed by atoms with Gasteiger partial charge in [0.05, 0.1) is 5.02 Å². The summed E-state index contributed by atoms with van der Waals surface area (Å²) in [7, 11) is 0. The molecule has 0 atom stereocenters. The van der Waals surface area contributed by atoms with Gasteiger partial charge in [-0.3, -0.25) is 0 Å². The van der Waals surface area contributed by atoms with Crippen molar-refractivity contribution >= 4 is 17.6 Å². The van der Waals surface area contributed by atoms with Gasteiger partial charge in [-0.25, -0.2) is 14.2 Å². The van der Waals surface area contributed by atoms with Gasteiger partial charge in [-0.15, -0.1) is 0 Å². The van der Waals surface area contributed by atoms with Gasteiger partial charge in [0, 0.05) is 5.56 Å². The lowest BCUT2D eigenvalue weighted by molar-refractivity contribution is 0.0691. The second-order valence-electron chi connectivity index (χ2n) is 2.96. The zero-order valence-corrected chi connectivity index (χ0v) is 8.53. The Morgan fingerprint density at radius 1 is 1.50 bits per heavy atom. The number of halogens is 2. The van der Waals surface area contributed by atoms with Crippen LogP contribution < -0.4 is 0 Å². The zero-order valence-electron chi connectivity index (χ0n) is 7.78. The van der Waals surface area contributed by atoms with Crippen LogP contribution in [0.2, 0.25) is 5.02 Å². The predicted octanol–water partition coefficient (Wildman–Crippen LogP) is 2.83. The molecule has 0 aliphatic heterocycles. The molecular formula is C10H5ClFNO3. The van der Waals surface area contributed by atoms with Gasteiger partial charge in [0.15, 0.2) is 17.8 Å². The van der Waals surface area contributed by atoms with Crippen molar-refractivity contribution in [2.45, 2.75) is 0 Å². The van der Waals surface area contributed by atoms with Crippen LogP contribution in [0.4, 0.5) is 4.39 Å². The van der Waals surface area contributed by atoms with Gasteiger partial charge >= 0.3 is 5.97 Å². The highest BCUT2D eigenvalue weighted by atomic mass is 35.5. The van der Waals surface area contributed by atoms with E-state index in [1.165, 1.54) is 12.1 Å². The molecule has 1 heterocycles. The molecule has 2 aromatic rings. The first-order valence-corrected chi connectivity index (χ1v) is 4.59. The molecule has 4 nitrogen and oxygen atoms in total. The van der Waals surface area contributed by atoms with Crippen molar-refractivity contribution in [3.8, 4) is 11.3 Å². The number of carboxylic acids is 1. The summed E-state index contributed by atoms with van der Waals surface area (Å²) in [6.45, 7) is 0. The normalized spacial score (nSPS) is 10.4. The topological polar surface area (TPSA) is 63.3 Å². The number of aromatic carboxylic acids is 1. The quantitative estimate of drug-likeness (QED) is 0.878. The molecule has 0 radical (unpaired) electrons. The summed E-state index contributed by atoms with van der Waals surface area (Å²) in [5, 5.41) is 8.70. The van der Waals surface area contributed by atoms with Crippen molar-refractivity contribution < 1.29 is 18.7 Å². The Hall–Kier alpha value is -1.88. The van der Waals surface area contributed by atoms with Crippen LogP contribution in [-0.2, 0) is 0 Å². The van der Waals surface area contributed by atoms with Gasteiger partial charge in [-0.05, 0) is 18.2 Å². The third-order valence-corrected chi connectivity index (χ3v) is 2.24. The van der Waals surface area contributed by atoms with Crippen molar-refractivity contribution in [2.75, 3.05) is 0 Å². The monoisotopic (exact) mass is 241 g/mol. The van der Waals surface area contributed by atoms with E-state index >= 15 is 0 Å². The smallest absolute Gasteiger partial charge is 0.358 e. The molecule has 0 aliphatic rings. The van der Waals surface area contributed by atoms with Crippen LogP contribution in [0.5, 0.6) is 0 Å². The molecule has 0 saturated carbocycles. The molecule has 0 aliphatic carbocycles. The van der Waals surface area contributed by atoms with Gasteiger partial charge in [0.25, 0.3) is 0 Å². The fourth-order valence-electron chi connectivity index (χ4n) is 1.24. The number of aromatic nitrogens is 1. The lowest BCUT2D eigenvalue weighted by Crippen LogP contribution is -1.98. The first kappa shape index (κ1) is 10.6. The maximum atomic E-state index is 12.9. The Balaban J connectivity index is 2.54. The van der Waals surface area contributed by atoms with E-state index in [0.717, 1.165) is 12.5 Å². The largest absolute Gasteiger partial charge is 0.476 e. The fraction of sp³-hybridized carbons (Fsp3) is 0. The summed E-state index contributed by atoms with van der Waals surface area (Å²) in [6, 6.07) is 3.78. The lowest BCUT2D eigenvalue weighted by Gasteiger charge is -1.99. The molecule has 1 aromatic heterocycles. The molecule has 0 bridgehead atoms. The second-order valence-corrected chi connectivity index (χ2v) is 3.37. The van der Waals surface area contributed by atoms with Gasteiger partial charge in [0.1, 0.15) is 5.82 Å². The lowest BCUT2D eigenvalue weighted by atomic mass is 10.1. The first-order valence-electron chi connectivity index (χ1n) is 4.22. The molecule has 2 rings (SSSR count). The third kappa shape index (κ3) is 1.77. The van der Waals surface area contributed by atoms with Crippen LogP contribution in [0.3, 0.4) is 0 Å². The average molecular weight is 242 g/mol. The fourth-order valence-corrected chi connectivity index (χ4v) is 1.42. The molecule has 16 heavy (non-hydrogen) atoms. The minimum absolute atomic E-state index is 0.0504. The van der Waals surface area contributed by atoms with Crippen molar-refractivity contribution in [3.63, 3.8) is 0 Å². The molecule has 6 heteroatoms. The molecule has 82 valence electrons. The van der Waals surface area contributed by atoms with E-state index in [-0.39, 0.29) is 16.5 Å². The highest BCUT2D eigenvalue weighted by molar-refractivity contribution is 6.31. The number of nitrogens with zero attached hydrogens (tertiary/aromatic N) is 1. The van der Waals surface area contributed by atoms with Crippen LogP contribution in [0.1, 0.15) is 10.5 Å². The van der Waals surface area contributed by atoms with Crippen molar-refractivity contribution in [3.05, 3.63) is 41.1 Å². The third-order valence-electron chi connectivity index (χ3n) is 1.95. The van der Waals surface area contributed by atoms with Crippen molar-refractivity contribution in [1.82, 2.24) is 4.98 Å². The molecule has 0 unspecified atom stereocenters. The Morgan fingerprint density at radius 3 is 2.88 bits per heavy atom. The molecular weight excluding hydrogens is 237 g/mol. The molecule has 1 aromatic carbocycles. The summed E-state index contributed by atoms with van der Waals surface area (Å²) >= 11 is 5.58. The Kier molecular flexibility index (Phi) is 2.62. The maximum Gasteiger partial charge on any atom is 0.358 e. The number of carboxylic acid groups (broad SMARTS) is 1. The van der Waals surface area contributed by atoms with Gasteiger partial charge in [-0.2, -0.15) is 0 Å². The highest BCUT2D eigenvalue weighted by Crippen LogP contribution is 2.27. The maximum absolute atomic E-state index is 12.9. The number of hydrogen-bond donors (Lipinski definition) is 1. The van der Waals surface area contributed by atoms with Crippen LogP contribution >= 0.6 is 11.6 Å². The summed E-state index contributed by atoms with van der Waals surface area (Å²) < 4.78 is 17.8. The standard InChI is InChI=1S/C10H5ClFNO3/c11-6-3-5(1-2-7(6)12)9-8(10(14)15)13-4-16-9/h1-4H,(H,14,15). The number of rotatable bonds is 2. The van der Waals surface area contributed by atoms with Crippen LogP contribution in [-0.4, -0.2) is 16.1 Å². The Bertz CT molecular complexity index is 553. The first-order chi connectivity index (χ1) is 7.59. The number of hydrogen-bond acceptors (Lipinski definition) is 3. The van der Waals surface area contributed by atoms with E-state index in [9.17, 15) is 9.18 Å². The zero-order chi connectivity index (χ0) is 11.7. The van der Waals surface area contributed by atoms with E-state index in [4.69, 9.17) is 21.1 Å². The van der Waals surface area contributed by atoms with E-state index in [2.05, 4.69) is 4.98 Å². The molecule has 0 spiro atoms. The minimum Gasteiger partial charge on any atom is -0.476 e. The average Bonchev–Trinajstić information content (AvgIpc) is 2.71. The number of carbonyl (C=O) groups is 1. The number of oxazole rings is 1. The highest BCUT2D eigenvalue weighted by Gasteiger charge is 2.17. The van der Waals surface area contributed by atoms with Gasteiger partial charge in [-0.1, -0.05) is 11.6 Å². The summed E-state index contributed by atoms with van der Waals surface area (Å²) in [4.78, 5) is 14.3. The SMILES string of the molecule is O=C(O)c1ncoc1-c1ccc(F)c(Cl)c1. The van der Waals surface area contributed by atoms with Gasteiger partial charge in [0.2, 0.25) is 0 Å². The van der Waals surface area contributed by atoms with Crippen LogP contribution in [0.25, 0.3) is 11.3 Å². The van der Waals surface area contributed by atoms with Crippen LogP contribution in [0.15, 0.2) is 29.0 Å². The Morgan fingerprint density at radius 2 is 2.25 bits per heavy atom. The van der Waals surface area contributed by atoms with Crippen molar-refractivity contribution in [2.24, 2.45) is 0 Å². The molecule has 0 fully saturated rings. The summed E-state index contributed by atoms with van der Waals surface area (Å²) in [5.74, 6) is -1.75. The number of benzene rings is 1. The van der Waals surface area contributed by atoms with Crippen LogP contribution in [0, 0.1) is 5.82 Å².